The van der Waals surface area contributed by atoms with Gasteiger partial charge in [-0.25, -0.2) is 0 Å². The highest BCUT2D eigenvalue weighted by Gasteiger charge is 2.35. The molecule has 0 saturated carbocycles. The van der Waals surface area contributed by atoms with Crippen molar-refractivity contribution in [2.75, 3.05) is 11.9 Å². The molecule has 2 heterocycles. The molecular weight excluding hydrogens is 230 g/mol. The molecule has 1 atom stereocenters. The Labute approximate surface area is 106 Å². The van der Waals surface area contributed by atoms with Crippen LogP contribution in [-0.4, -0.2) is 22.6 Å². The fourth-order valence-corrected chi connectivity index (χ4v) is 2.21. The second-order valence-electron chi connectivity index (χ2n) is 4.86. The number of hydrogen-bond donors (Lipinski definition) is 2. The van der Waals surface area contributed by atoms with E-state index in [0.29, 0.717) is 12.2 Å². The van der Waals surface area contributed by atoms with E-state index < -0.39 is 5.54 Å². The van der Waals surface area contributed by atoms with Gasteiger partial charge in [-0.15, -0.1) is 0 Å². The van der Waals surface area contributed by atoms with Gasteiger partial charge in [-0.05, 0) is 39.3 Å². The van der Waals surface area contributed by atoms with Crippen molar-refractivity contribution in [3.05, 3.63) is 28.7 Å². The first kappa shape index (κ1) is 12.8. The number of rotatable bonds is 3. The molecule has 98 valence electrons. The molecule has 18 heavy (non-hydrogen) atoms. The number of hydrogen-bond acceptors (Lipinski definition) is 3. The van der Waals surface area contributed by atoms with Crippen molar-refractivity contribution in [3.8, 4) is 0 Å². The Morgan fingerprint density at radius 2 is 2.33 bits per heavy atom. The van der Waals surface area contributed by atoms with E-state index in [-0.39, 0.29) is 11.5 Å². The Morgan fingerprint density at radius 1 is 1.56 bits per heavy atom. The van der Waals surface area contributed by atoms with Crippen molar-refractivity contribution in [2.24, 2.45) is 0 Å². The van der Waals surface area contributed by atoms with Crippen molar-refractivity contribution in [2.45, 2.75) is 38.8 Å². The predicted octanol–water partition coefficient (Wildman–Crippen LogP) is 0.949. The Balaban J connectivity index is 2.14. The fraction of sp³-hybridized carbons (Fsp3) is 0.538. The average Bonchev–Trinajstić information content (AvgIpc) is 2.80. The highest BCUT2D eigenvalue weighted by atomic mass is 16.2. The zero-order chi connectivity index (χ0) is 13.2. The van der Waals surface area contributed by atoms with Crippen LogP contribution in [0.25, 0.3) is 0 Å². The lowest BCUT2D eigenvalue weighted by atomic mass is 9.99. The van der Waals surface area contributed by atoms with Gasteiger partial charge in [0.05, 0.1) is 11.2 Å². The highest BCUT2D eigenvalue weighted by molar-refractivity contribution is 5.97. The first-order chi connectivity index (χ1) is 8.55. The monoisotopic (exact) mass is 249 g/mol. The molecule has 1 unspecified atom stereocenters. The molecule has 1 aromatic rings. The third-order valence-corrected chi connectivity index (χ3v) is 3.45. The lowest BCUT2D eigenvalue weighted by molar-refractivity contribution is -0.121. The Kier molecular flexibility index (Phi) is 3.52. The number of nitrogens with one attached hydrogen (secondary N) is 2. The summed E-state index contributed by atoms with van der Waals surface area (Å²) in [4.78, 5) is 23.6. The number of nitrogens with zero attached hydrogens (tertiary/aromatic N) is 1. The lowest BCUT2D eigenvalue weighted by Crippen LogP contribution is -2.48. The van der Waals surface area contributed by atoms with Gasteiger partial charge in [0.2, 0.25) is 5.91 Å². The molecule has 1 aliphatic rings. The normalized spacial score (nSPS) is 23.0. The van der Waals surface area contributed by atoms with E-state index >= 15 is 0 Å². The molecule has 0 aliphatic carbocycles. The van der Waals surface area contributed by atoms with E-state index in [1.54, 1.807) is 16.8 Å². The van der Waals surface area contributed by atoms with E-state index in [1.807, 2.05) is 13.8 Å². The molecule has 5 heteroatoms. The second-order valence-corrected chi connectivity index (χ2v) is 4.86. The summed E-state index contributed by atoms with van der Waals surface area (Å²) in [5, 5.41) is 6.08. The van der Waals surface area contributed by atoms with Crippen LogP contribution in [0.2, 0.25) is 0 Å². The van der Waals surface area contributed by atoms with Crippen molar-refractivity contribution >= 4 is 11.6 Å². The molecule has 2 rings (SSSR count). The molecule has 1 aromatic heterocycles. The van der Waals surface area contributed by atoms with Crippen molar-refractivity contribution < 1.29 is 4.79 Å². The van der Waals surface area contributed by atoms with Gasteiger partial charge in [0.15, 0.2) is 0 Å². The molecule has 0 bridgehead atoms. The minimum absolute atomic E-state index is 0.0405. The average molecular weight is 249 g/mol. The number of carbonyl (C=O) groups is 1. The maximum absolute atomic E-state index is 12.2. The summed E-state index contributed by atoms with van der Waals surface area (Å²) in [5.74, 6) is -0.0405. The van der Waals surface area contributed by atoms with Gasteiger partial charge >= 0.3 is 0 Å². The summed E-state index contributed by atoms with van der Waals surface area (Å²) in [6.45, 7) is 5.27. The second kappa shape index (κ2) is 4.94. The van der Waals surface area contributed by atoms with Crippen LogP contribution >= 0.6 is 0 Å². The molecule has 1 amide bonds. The molecular formula is C13H19N3O2. The van der Waals surface area contributed by atoms with Gasteiger partial charge in [0, 0.05) is 18.8 Å². The SMILES string of the molecule is CCn1cc(NC(=O)C2(C)CCCN2)ccc1=O. The van der Waals surface area contributed by atoms with Crippen LogP contribution in [0.3, 0.4) is 0 Å². The van der Waals surface area contributed by atoms with Gasteiger partial charge in [0.25, 0.3) is 5.56 Å². The third-order valence-electron chi connectivity index (χ3n) is 3.45. The smallest absolute Gasteiger partial charge is 0.250 e. The summed E-state index contributed by atoms with van der Waals surface area (Å²) in [7, 11) is 0. The molecule has 1 saturated heterocycles. The number of pyridine rings is 1. The van der Waals surface area contributed by atoms with Gasteiger partial charge < -0.3 is 15.2 Å². The molecule has 2 N–H and O–H groups in total. The Bertz CT molecular complexity index is 501. The predicted molar refractivity (Wildman–Crippen MR) is 70.6 cm³/mol. The minimum Gasteiger partial charge on any atom is -0.323 e. The van der Waals surface area contributed by atoms with Gasteiger partial charge in [-0.2, -0.15) is 0 Å². The number of carbonyl (C=O) groups excluding carboxylic acids is 1. The van der Waals surface area contributed by atoms with Gasteiger partial charge in [-0.3, -0.25) is 9.59 Å². The molecule has 1 aliphatic heterocycles. The van der Waals surface area contributed by atoms with E-state index in [4.69, 9.17) is 0 Å². The summed E-state index contributed by atoms with van der Waals surface area (Å²) in [5.41, 5.74) is 0.116. The van der Waals surface area contributed by atoms with Crippen molar-refractivity contribution in [1.29, 1.82) is 0 Å². The zero-order valence-electron chi connectivity index (χ0n) is 10.8. The van der Waals surface area contributed by atoms with Crippen LogP contribution < -0.4 is 16.2 Å². The van der Waals surface area contributed by atoms with Crippen LogP contribution in [0.4, 0.5) is 5.69 Å². The Morgan fingerprint density at radius 3 is 2.94 bits per heavy atom. The number of amides is 1. The quantitative estimate of drug-likeness (QED) is 0.838. The standard InChI is InChI=1S/C13H19N3O2/c1-3-16-9-10(5-6-11(16)17)15-12(18)13(2)7-4-8-14-13/h5-6,9,14H,3-4,7-8H2,1-2H3,(H,15,18). The third kappa shape index (κ3) is 2.46. The summed E-state index contributed by atoms with van der Waals surface area (Å²) in [6, 6.07) is 3.12. The largest absolute Gasteiger partial charge is 0.323 e. The minimum atomic E-state index is -0.493. The first-order valence-corrected chi connectivity index (χ1v) is 6.32. The topological polar surface area (TPSA) is 63.1 Å². The van der Waals surface area contributed by atoms with Crippen LogP contribution in [0.15, 0.2) is 23.1 Å². The van der Waals surface area contributed by atoms with Crippen LogP contribution in [0, 0.1) is 0 Å². The summed E-state index contributed by atoms with van der Waals surface area (Å²) >= 11 is 0. The van der Waals surface area contributed by atoms with E-state index in [9.17, 15) is 9.59 Å². The summed E-state index contributed by atoms with van der Waals surface area (Å²) in [6.07, 6.45) is 3.53. The number of aryl methyl sites for hydroxylation is 1. The van der Waals surface area contributed by atoms with E-state index in [2.05, 4.69) is 10.6 Å². The maximum Gasteiger partial charge on any atom is 0.250 e. The summed E-state index contributed by atoms with van der Waals surface area (Å²) < 4.78 is 1.57. The van der Waals surface area contributed by atoms with E-state index in [0.717, 1.165) is 19.4 Å². The molecule has 0 spiro atoms. The molecule has 0 aromatic carbocycles. The van der Waals surface area contributed by atoms with Crippen LogP contribution in [-0.2, 0) is 11.3 Å². The van der Waals surface area contributed by atoms with Crippen LogP contribution in [0.1, 0.15) is 26.7 Å². The maximum atomic E-state index is 12.2. The molecule has 5 nitrogen and oxygen atoms in total. The first-order valence-electron chi connectivity index (χ1n) is 6.32. The van der Waals surface area contributed by atoms with Crippen molar-refractivity contribution in [1.82, 2.24) is 9.88 Å². The lowest BCUT2D eigenvalue weighted by Gasteiger charge is -2.23. The zero-order valence-corrected chi connectivity index (χ0v) is 10.8. The highest BCUT2D eigenvalue weighted by Crippen LogP contribution is 2.20. The number of aromatic nitrogens is 1. The van der Waals surface area contributed by atoms with E-state index in [1.165, 1.54) is 6.07 Å². The Hall–Kier alpha value is -1.62. The molecule has 0 radical (unpaired) electrons. The van der Waals surface area contributed by atoms with Gasteiger partial charge in [-0.1, -0.05) is 0 Å². The van der Waals surface area contributed by atoms with Crippen LogP contribution in [0.5, 0.6) is 0 Å². The fourth-order valence-electron chi connectivity index (χ4n) is 2.21. The van der Waals surface area contributed by atoms with Gasteiger partial charge in [0.1, 0.15) is 0 Å². The molecule has 1 fully saturated rings. The van der Waals surface area contributed by atoms with Crippen molar-refractivity contribution in [3.63, 3.8) is 0 Å². The number of anilines is 1.